The van der Waals surface area contributed by atoms with Crippen LogP contribution in [0.5, 0.6) is 0 Å². The van der Waals surface area contributed by atoms with E-state index in [2.05, 4.69) is 24.0 Å². The molecule has 2 N–H and O–H groups in total. The molecule has 0 radical (unpaired) electrons. The van der Waals surface area contributed by atoms with Gasteiger partial charge in [-0.1, -0.05) is 31.8 Å². The highest BCUT2D eigenvalue weighted by molar-refractivity contribution is 5.16. The molecule has 4 heteroatoms. The summed E-state index contributed by atoms with van der Waals surface area (Å²) in [6.07, 6.45) is 7.09. The summed E-state index contributed by atoms with van der Waals surface area (Å²) in [6, 6.07) is 0. The van der Waals surface area contributed by atoms with E-state index in [-0.39, 0.29) is 0 Å². The number of nitrogens with two attached hydrogens (primary N) is 1. The van der Waals surface area contributed by atoms with Crippen molar-refractivity contribution in [1.29, 1.82) is 0 Å². The normalized spacial score (nSPS) is 31.2. The van der Waals surface area contributed by atoms with Crippen molar-refractivity contribution in [1.82, 2.24) is 10.1 Å². The van der Waals surface area contributed by atoms with E-state index in [0.717, 1.165) is 30.6 Å². The van der Waals surface area contributed by atoms with Gasteiger partial charge < -0.3 is 10.3 Å². The summed E-state index contributed by atoms with van der Waals surface area (Å²) in [5, 5.41) is 4.14. The van der Waals surface area contributed by atoms with Gasteiger partial charge >= 0.3 is 0 Å². The second kappa shape index (κ2) is 4.34. The first kappa shape index (κ1) is 12.2. The number of rotatable bonds is 4. The molecule has 1 aromatic heterocycles. The second-order valence-corrected chi connectivity index (χ2v) is 5.96. The highest BCUT2D eigenvalue weighted by Crippen LogP contribution is 2.60. The van der Waals surface area contributed by atoms with Crippen LogP contribution in [0.1, 0.15) is 70.0 Å². The first-order chi connectivity index (χ1) is 8.69. The van der Waals surface area contributed by atoms with E-state index in [1.54, 1.807) is 0 Å². The van der Waals surface area contributed by atoms with Crippen LogP contribution in [0.25, 0.3) is 0 Å². The highest BCUT2D eigenvalue weighted by Gasteiger charge is 2.54. The zero-order valence-electron chi connectivity index (χ0n) is 11.4. The molecule has 100 valence electrons. The van der Waals surface area contributed by atoms with Crippen molar-refractivity contribution in [2.24, 2.45) is 17.6 Å². The summed E-state index contributed by atoms with van der Waals surface area (Å²) >= 11 is 0. The van der Waals surface area contributed by atoms with E-state index in [9.17, 15) is 0 Å². The van der Waals surface area contributed by atoms with Crippen molar-refractivity contribution in [2.75, 3.05) is 0 Å². The molecule has 2 unspecified atom stereocenters. The van der Waals surface area contributed by atoms with Gasteiger partial charge in [0.25, 0.3) is 0 Å². The third-order valence-electron chi connectivity index (χ3n) is 5.09. The molecule has 4 nitrogen and oxygen atoms in total. The predicted octanol–water partition coefficient (Wildman–Crippen LogP) is 2.95. The Labute approximate surface area is 108 Å². The Morgan fingerprint density at radius 2 is 1.83 bits per heavy atom. The molecule has 2 saturated carbocycles. The summed E-state index contributed by atoms with van der Waals surface area (Å²) in [4.78, 5) is 4.61. The van der Waals surface area contributed by atoms with Gasteiger partial charge in [0.15, 0.2) is 5.82 Å². The standard InChI is InChI=1S/C14H23N3O/c1-3-14(15,4-2)13-16-12(18-17-13)11-9-7-5-6-8-10(9)11/h9-11H,3-8,15H2,1-2H3. The van der Waals surface area contributed by atoms with Gasteiger partial charge in [0.2, 0.25) is 5.89 Å². The average Bonchev–Trinajstić information content (AvgIpc) is 2.94. The zero-order valence-corrected chi connectivity index (χ0v) is 11.4. The van der Waals surface area contributed by atoms with Crippen LogP contribution in [-0.2, 0) is 5.54 Å². The highest BCUT2D eigenvalue weighted by atomic mass is 16.5. The van der Waals surface area contributed by atoms with Crippen LogP contribution in [0.2, 0.25) is 0 Å². The van der Waals surface area contributed by atoms with E-state index in [1.807, 2.05) is 0 Å². The molecule has 2 fully saturated rings. The topological polar surface area (TPSA) is 64.9 Å². The number of nitrogens with zero attached hydrogens (tertiary/aromatic N) is 2. The Hall–Kier alpha value is -0.900. The van der Waals surface area contributed by atoms with Gasteiger partial charge in [0.05, 0.1) is 5.54 Å². The third-order valence-corrected chi connectivity index (χ3v) is 5.09. The Morgan fingerprint density at radius 3 is 2.39 bits per heavy atom. The lowest BCUT2D eigenvalue weighted by Gasteiger charge is -2.21. The Balaban J connectivity index is 1.78. The van der Waals surface area contributed by atoms with Crippen LogP contribution in [0, 0.1) is 11.8 Å². The molecule has 18 heavy (non-hydrogen) atoms. The molecule has 0 aliphatic heterocycles. The summed E-state index contributed by atoms with van der Waals surface area (Å²) in [6.45, 7) is 4.16. The number of aromatic nitrogens is 2. The molecule has 2 aliphatic rings. The van der Waals surface area contributed by atoms with E-state index < -0.39 is 5.54 Å². The lowest BCUT2D eigenvalue weighted by molar-refractivity contribution is 0.333. The van der Waals surface area contributed by atoms with Crippen molar-refractivity contribution >= 4 is 0 Å². The number of fused-ring (bicyclic) bond motifs is 1. The van der Waals surface area contributed by atoms with E-state index in [1.165, 1.54) is 25.7 Å². The predicted molar refractivity (Wildman–Crippen MR) is 68.9 cm³/mol. The maximum absolute atomic E-state index is 6.31. The fourth-order valence-corrected chi connectivity index (χ4v) is 3.50. The first-order valence-electron chi connectivity index (χ1n) is 7.32. The largest absolute Gasteiger partial charge is 0.339 e. The molecule has 1 aromatic rings. The third kappa shape index (κ3) is 1.78. The van der Waals surface area contributed by atoms with Gasteiger partial charge in [-0.3, -0.25) is 0 Å². The van der Waals surface area contributed by atoms with Crippen LogP contribution < -0.4 is 5.73 Å². The molecular formula is C14H23N3O. The van der Waals surface area contributed by atoms with Gasteiger partial charge in [0, 0.05) is 5.92 Å². The van der Waals surface area contributed by atoms with Crippen molar-refractivity contribution in [3.05, 3.63) is 11.7 Å². The maximum atomic E-state index is 6.31. The molecule has 0 aromatic carbocycles. The average molecular weight is 249 g/mol. The van der Waals surface area contributed by atoms with Crippen LogP contribution in [0.4, 0.5) is 0 Å². The van der Waals surface area contributed by atoms with Gasteiger partial charge in [0.1, 0.15) is 0 Å². The minimum Gasteiger partial charge on any atom is -0.339 e. The van der Waals surface area contributed by atoms with Gasteiger partial charge in [-0.25, -0.2) is 0 Å². The first-order valence-corrected chi connectivity index (χ1v) is 7.32. The Morgan fingerprint density at radius 1 is 1.22 bits per heavy atom. The minimum atomic E-state index is -0.415. The summed E-state index contributed by atoms with van der Waals surface area (Å²) in [5.41, 5.74) is 5.90. The molecule has 0 bridgehead atoms. The van der Waals surface area contributed by atoms with Crippen LogP contribution in [0.15, 0.2) is 4.52 Å². The fraction of sp³-hybridized carbons (Fsp3) is 0.857. The lowest BCUT2D eigenvalue weighted by atomic mass is 9.93. The van der Waals surface area contributed by atoms with Crippen molar-refractivity contribution in [2.45, 2.75) is 63.8 Å². The van der Waals surface area contributed by atoms with Crippen LogP contribution in [-0.4, -0.2) is 10.1 Å². The van der Waals surface area contributed by atoms with Crippen molar-refractivity contribution in [3.63, 3.8) is 0 Å². The van der Waals surface area contributed by atoms with Crippen molar-refractivity contribution in [3.8, 4) is 0 Å². The smallest absolute Gasteiger partial charge is 0.230 e. The van der Waals surface area contributed by atoms with Gasteiger partial charge in [-0.2, -0.15) is 4.98 Å². The molecule has 2 atom stereocenters. The van der Waals surface area contributed by atoms with Gasteiger partial charge in [-0.15, -0.1) is 0 Å². The lowest BCUT2D eigenvalue weighted by Crippen LogP contribution is -2.36. The molecular weight excluding hydrogens is 226 g/mol. The molecule has 0 amide bonds. The van der Waals surface area contributed by atoms with Crippen molar-refractivity contribution < 1.29 is 4.52 Å². The number of hydrogen-bond donors (Lipinski definition) is 1. The molecule has 3 rings (SSSR count). The summed E-state index contributed by atoms with van der Waals surface area (Å²) in [7, 11) is 0. The number of hydrogen-bond acceptors (Lipinski definition) is 4. The Bertz CT molecular complexity index is 412. The van der Waals surface area contributed by atoms with Gasteiger partial charge in [-0.05, 0) is 37.5 Å². The fourth-order valence-electron chi connectivity index (χ4n) is 3.50. The molecule has 2 aliphatic carbocycles. The van der Waals surface area contributed by atoms with Crippen LogP contribution in [0.3, 0.4) is 0 Å². The maximum Gasteiger partial charge on any atom is 0.230 e. The van der Waals surface area contributed by atoms with E-state index in [4.69, 9.17) is 10.3 Å². The summed E-state index contributed by atoms with van der Waals surface area (Å²) < 4.78 is 5.49. The van der Waals surface area contributed by atoms with E-state index in [0.29, 0.717) is 11.7 Å². The monoisotopic (exact) mass is 249 g/mol. The van der Waals surface area contributed by atoms with Crippen LogP contribution >= 0.6 is 0 Å². The zero-order chi connectivity index (χ0) is 12.8. The SMILES string of the molecule is CCC(N)(CC)c1noc(C2C3CCCCC32)n1. The second-order valence-electron chi connectivity index (χ2n) is 5.96. The molecule has 1 heterocycles. The molecule has 0 saturated heterocycles. The molecule has 0 spiro atoms. The minimum absolute atomic E-state index is 0.415. The summed E-state index contributed by atoms with van der Waals surface area (Å²) in [5.74, 6) is 3.70. The Kier molecular flexibility index (Phi) is 2.93. The van der Waals surface area contributed by atoms with E-state index >= 15 is 0 Å². The quantitative estimate of drug-likeness (QED) is 0.891.